The Morgan fingerprint density at radius 2 is 2.04 bits per heavy atom. The van der Waals surface area contributed by atoms with Crippen LogP contribution >= 0.6 is 0 Å². The SMILES string of the molecule is C[C@@H](NC(=O)Nc1ccc(OCC(F)(F)F)nc1)c1ccccn1. The predicted octanol–water partition coefficient (Wildman–Crippen LogP) is 3.30. The molecule has 1 atom stereocenters. The average Bonchev–Trinajstić information content (AvgIpc) is 2.54. The molecule has 128 valence electrons. The van der Waals surface area contributed by atoms with E-state index in [0.29, 0.717) is 11.4 Å². The average molecular weight is 340 g/mol. The summed E-state index contributed by atoms with van der Waals surface area (Å²) in [6.07, 6.45) is -1.61. The summed E-state index contributed by atoms with van der Waals surface area (Å²) in [5, 5.41) is 5.21. The number of hydrogen-bond donors (Lipinski definition) is 2. The number of hydrogen-bond acceptors (Lipinski definition) is 4. The first-order valence-electron chi connectivity index (χ1n) is 6.97. The molecule has 0 saturated heterocycles. The fourth-order valence-electron chi connectivity index (χ4n) is 1.77. The van der Waals surface area contributed by atoms with Gasteiger partial charge < -0.3 is 15.4 Å². The lowest BCUT2D eigenvalue weighted by Crippen LogP contribution is -2.31. The molecule has 0 unspecified atom stereocenters. The number of carbonyl (C=O) groups excluding carboxylic acids is 1. The monoisotopic (exact) mass is 340 g/mol. The van der Waals surface area contributed by atoms with E-state index in [0.717, 1.165) is 0 Å². The number of aromatic nitrogens is 2. The van der Waals surface area contributed by atoms with E-state index in [1.165, 1.54) is 18.3 Å². The Balaban J connectivity index is 1.85. The van der Waals surface area contributed by atoms with Gasteiger partial charge in [0, 0.05) is 12.3 Å². The summed E-state index contributed by atoms with van der Waals surface area (Å²) in [7, 11) is 0. The summed E-state index contributed by atoms with van der Waals surface area (Å²) in [4.78, 5) is 19.7. The highest BCUT2D eigenvalue weighted by Crippen LogP contribution is 2.18. The summed E-state index contributed by atoms with van der Waals surface area (Å²) in [5.74, 6) is -0.180. The van der Waals surface area contributed by atoms with Gasteiger partial charge in [0.15, 0.2) is 6.61 Å². The summed E-state index contributed by atoms with van der Waals surface area (Å²) >= 11 is 0. The number of ether oxygens (including phenoxy) is 1. The second-order valence-electron chi connectivity index (χ2n) is 4.86. The van der Waals surface area contributed by atoms with Crippen molar-refractivity contribution in [3.63, 3.8) is 0 Å². The van der Waals surface area contributed by atoms with Crippen LogP contribution in [0.4, 0.5) is 23.7 Å². The molecule has 2 heterocycles. The van der Waals surface area contributed by atoms with Crippen molar-refractivity contribution in [2.45, 2.75) is 19.1 Å². The van der Waals surface area contributed by atoms with E-state index in [2.05, 4.69) is 25.3 Å². The number of anilines is 1. The molecule has 2 amide bonds. The van der Waals surface area contributed by atoms with Gasteiger partial charge in [-0.15, -0.1) is 0 Å². The molecule has 0 aromatic carbocycles. The molecule has 2 N–H and O–H groups in total. The van der Waals surface area contributed by atoms with Gasteiger partial charge in [-0.05, 0) is 25.1 Å². The van der Waals surface area contributed by atoms with E-state index in [-0.39, 0.29) is 11.9 Å². The molecule has 0 radical (unpaired) electrons. The molecule has 2 aromatic rings. The Morgan fingerprint density at radius 1 is 1.25 bits per heavy atom. The molecule has 0 aliphatic heterocycles. The molecule has 0 bridgehead atoms. The number of carbonyl (C=O) groups is 1. The van der Waals surface area contributed by atoms with Gasteiger partial charge in [0.25, 0.3) is 0 Å². The van der Waals surface area contributed by atoms with Crippen LogP contribution in [-0.2, 0) is 0 Å². The fraction of sp³-hybridized carbons (Fsp3) is 0.267. The first kappa shape index (κ1) is 17.5. The summed E-state index contributed by atoms with van der Waals surface area (Å²) in [6, 6.07) is 7.19. The lowest BCUT2D eigenvalue weighted by molar-refractivity contribution is -0.154. The van der Waals surface area contributed by atoms with Crippen LogP contribution in [0.3, 0.4) is 0 Å². The van der Waals surface area contributed by atoms with E-state index < -0.39 is 18.8 Å². The minimum atomic E-state index is -4.43. The smallest absolute Gasteiger partial charge is 0.422 e. The van der Waals surface area contributed by atoms with Crippen LogP contribution in [0.1, 0.15) is 18.7 Å². The zero-order chi connectivity index (χ0) is 17.6. The number of alkyl halides is 3. The van der Waals surface area contributed by atoms with Gasteiger partial charge in [0.05, 0.1) is 23.6 Å². The quantitative estimate of drug-likeness (QED) is 0.876. The molecule has 0 saturated carbocycles. The Kier molecular flexibility index (Phi) is 5.56. The molecule has 0 spiro atoms. The van der Waals surface area contributed by atoms with E-state index in [1.807, 2.05) is 6.07 Å². The minimum absolute atomic E-state index is 0.180. The van der Waals surface area contributed by atoms with E-state index in [9.17, 15) is 18.0 Å². The first-order valence-corrected chi connectivity index (χ1v) is 6.97. The Labute approximate surface area is 136 Å². The predicted molar refractivity (Wildman–Crippen MR) is 80.6 cm³/mol. The van der Waals surface area contributed by atoms with Crippen molar-refractivity contribution in [2.75, 3.05) is 11.9 Å². The topological polar surface area (TPSA) is 76.1 Å². The van der Waals surface area contributed by atoms with Gasteiger partial charge in [0.1, 0.15) is 0 Å². The van der Waals surface area contributed by atoms with Crippen LogP contribution in [0.5, 0.6) is 5.88 Å². The van der Waals surface area contributed by atoms with Crippen molar-refractivity contribution in [1.82, 2.24) is 15.3 Å². The lowest BCUT2D eigenvalue weighted by atomic mass is 10.2. The molecule has 24 heavy (non-hydrogen) atoms. The second kappa shape index (κ2) is 7.62. The number of nitrogens with zero attached hydrogens (tertiary/aromatic N) is 2. The highest BCUT2D eigenvalue weighted by molar-refractivity contribution is 5.89. The third kappa shape index (κ3) is 5.75. The van der Waals surface area contributed by atoms with Gasteiger partial charge in [-0.1, -0.05) is 6.07 Å². The van der Waals surface area contributed by atoms with Gasteiger partial charge >= 0.3 is 12.2 Å². The first-order chi connectivity index (χ1) is 11.3. The van der Waals surface area contributed by atoms with Crippen molar-refractivity contribution in [1.29, 1.82) is 0 Å². The summed E-state index contributed by atoms with van der Waals surface area (Å²) in [6.45, 7) is 0.350. The lowest BCUT2D eigenvalue weighted by Gasteiger charge is -2.14. The molecular formula is C15H15F3N4O2. The van der Waals surface area contributed by atoms with Crippen LogP contribution in [0.15, 0.2) is 42.7 Å². The van der Waals surface area contributed by atoms with Crippen molar-refractivity contribution in [2.24, 2.45) is 0 Å². The van der Waals surface area contributed by atoms with Crippen LogP contribution in [0.2, 0.25) is 0 Å². The van der Waals surface area contributed by atoms with E-state index >= 15 is 0 Å². The summed E-state index contributed by atoms with van der Waals surface area (Å²) in [5.41, 5.74) is 1.02. The number of urea groups is 1. The Hall–Kier alpha value is -2.84. The molecule has 0 aliphatic rings. The maximum absolute atomic E-state index is 12.0. The maximum Gasteiger partial charge on any atom is 0.422 e. The van der Waals surface area contributed by atoms with Crippen LogP contribution in [0, 0.1) is 0 Å². The number of rotatable bonds is 5. The molecular weight excluding hydrogens is 325 g/mol. The Bertz CT molecular complexity index is 663. The minimum Gasteiger partial charge on any atom is -0.468 e. The van der Waals surface area contributed by atoms with Crippen molar-refractivity contribution < 1.29 is 22.7 Å². The summed E-state index contributed by atoms with van der Waals surface area (Å²) < 4.78 is 40.6. The third-order valence-corrected chi connectivity index (χ3v) is 2.86. The van der Waals surface area contributed by atoms with Crippen LogP contribution in [0.25, 0.3) is 0 Å². The zero-order valence-corrected chi connectivity index (χ0v) is 12.7. The highest BCUT2D eigenvalue weighted by atomic mass is 19.4. The molecule has 0 fully saturated rings. The normalized spacial score (nSPS) is 12.3. The van der Waals surface area contributed by atoms with Gasteiger partial charge in [-0.3, -0.25) is 4.98 Å². The van der Waals surface area contributed by atoms with Crippen LogP contribution < -0.4 is 15.4 Å². The molecule has 0 aliphatic carbocycles. The number of amides is 2. The second-order valence-corrected chi connectivity index (χ2v) is 4.86. The van der Waals surface area contributed by atoms with Crippen molar-refractivity contribution in [3.05, 3.63) is 48.4 Å². The number of nitrogens with one attached hydrogen (secondary N) is 2. The van der Waals surface area contributed by atoms with Gasteiger partial charge in [0.2, 0.25) is 5.88 Å². The fourth-order valence-corrected chi connectivity index (χ4v) is 1.77. The molecule has 6 nitrogen and oxygen atoms in total. The number of pyridine rings is 2. The third-order valence-electron chi connectivity index (χ3n) is 2.86. The van der Waals surface area contributed by atoms with Crippen molar-refractivity contribution in [3.8, 4) is 5.88 Å². The Morgan fingerprint density at radius 3 is 2.62 bits per heavy atom. The molecule has 9 heteroatoms. The van der Waals surface area contributed by atoms with Crippen LogP contribution in [-0.4, -0.2) is 28.8 Å². The zero-order valence-electron chi connectivity index (χ0n) is 12.7. The van der Waals surface area contributed by atoms with E-state index in [4.69, 9.17) is 0 Å². The van der Waals surface area contributed by atoms with Crippen molar-refractivity contribution >= 4 is 11.7 Å². The van der Waals surface area contributed by atoms with Gasteiger partial charge in [-0.25, -0.2) is 9.78 Å². The molecule has 2 aromatic heterocycles. The van der Waals surface area contributed by atoms with Gasteiger partial charge in [-0.2, -0.15) is 13.2 Å². The highest BCUT2D eigenvalue weighted by Gasteiger charge is 2.28. The standard InChI is InChI=1S/C15H15F3N4O2/c1-10(12-4-2-3-7-19-12)21-14(23)22-11-5-6-13(20-8-11)24-9-15(16,17)18/h2-8,10H,9H2,1H3,(H2,21,22,23)/t10-/m1/s1. The maximum atomic E-state index is 12.0. The molecule has 2 rings (SSSR count). The largest absolute Gasteiger partial charge is 0.468 e. The van der Waals surface area contributed by atoms with E-state index in [1.54, 1.807) is 25.3 Å². The number of halogens is 3.